The molecule has 0 amide bonds. The maximum Gasteiger partial charge on any atom is 0.119 e. The molecular weight excluding hydrogens is 374 g/mol. The first-order valence-corrected chi connectivity index (χ1v) is 10.8. The molecule has 2 N–H and O–H groups in total. The zero-order valence-corrected chi connectivity index (χ0v) is 18.6. The zero-order valence-electron chi connectivity index (χ0n) is 18.6. The average molecular weight is 408 g/mol. The predicted molar refractivity (Wildman–Crippen MR) is 124 cm³/mol. The van der Waals surface area contributed by atoms with E-state index in [-0.39, 0.29) is 0 Å². The molecule has 3 aromatic rings. The van der Waals surface area contributed by atoms with E-state index >= 15 is 0 Å². The highest BCUT2D eigenvalue weighted by Gasteiger charge is 2.14. The quantitative estimate of drug-likeness (QED) is 0.313. The van der Waals surface area contributed by atoms with Crippen molar-refractivity contribution >= 4 is 16.7 Å². The van der Waals surface area contributed by atoms with Gasteiger partial charge in [0.25, 0.3) is 0 Å². The molecule has 2 aromatic carbocycles. The van der Waals surface area contributed by atoms with Gasteiger partial charge >= 0.3 is 0 Å². The highest BCUT2D eigenvalue weighted by atomic mass is 16.5. The normalized spacial score (nSPS) is 12.1. The Morgan fingerprint density at radius 2 is 1.83 bits per heavy atom. The van der Waals surface area contributed by atoms with Gasteiger partial charge in [0.15, 0.2) is 0 Å². The van der Waals surface area contributed by atoms with E-state index in [0.29, 0.717) is 6.61 Å². The van der Waals surface area contributed by atoms with Crippen LogP contribution in [0.3, 0.4) is 0 Å². The number of ether oxygens (including phenoxy) is 1. The van der Waals surface area contributed by atoms with Crippen molar-refractivity contribution in [2.75, 3.05) is 26.2 Å². The number of likely N-dealkylation sites (N-methyl/N-ethyl adjacent to an activating group) is 1. The fourth-order valence-electron chi connectivity index (χ4n) is 3.70. The Hall–Kier alpha value is -2.86. The summed E-state index contributed by atoms with van der Waals surface area (Å²) < 4.78 is 7.92. The van der Waals surface area contributed by atoms with Gasteiger partial charge in [-0.15, -0.1) is 0 Å². The molecule has 1 aromatic heterocycles. The third kappa shape index (κ3) is 5.00. The van der Waals surface area contributed by atoms with Gasteiger partial charge in [-0.1, -0.05) is 32.0 Å². The fraction of sp³-hybridized carbons (Fsp3) is 0.417. The molecule has 6 heteroatoms. The minimum Gasteiger partial charge on any atom is -0.494 e. The topological polar surface area (TPSA) is 68.7 Å². The molecule has 0 aliphatic carbocycles. The number of fused-ring (bicyclic) bond motifs is 1. The average Bonchev–Trinajstić information content (AvgIpc) is 3.11. The van der Waals surface area contributed by atoms with Crippen LogP contribution in [0, 0.1) is 0 Å². The van der Waals surface area contributed by atoms with Gasteiger partial charge in [-0.3, -0.25) is 0 Å². The van der Waals surface area contributed by atoms with Gasteiger partial charge < -0.3 is 20.0 Å². The lowest BCUT2D eigenvalue weighted by Gasteiger charge is -2.19. The molecule has 160 valence electrons. The van der Waals surface area contributed by atoms with E-state index in [2.05, 4.69) is 58.7 Å². The van der Waals surface area contributed by atoms with Crippen molar-refractivity contribution in [2.24, 2.45) is 10.9 Å². The minimum atomic E-state index is 0.675. The third-order valence-corrected chi connectivity index (χ3v) is 5.57. The summed E-state index contributed by atoms with van der Waals surface area (Å²) in [5.74, 6) is 7.45. The van der Waals surface area contributed by atoms with E-state index in [1.54, 1.807) is 0 Å². The number of hydrazone groups is 1. The maximum atomic E-state index is 5.57. The van der Waals surface area contributed by atoms with Crippen LogP contribution in [0.5, 0.6) is 5.75 Å². The number of nitrogens with two attached hydrogens (primary N) is 1. The number of benzene rings is 2. The molecule has 1 heterocycles. The molecule has 0 aliphatic rings. The number of hydrogen-bond donors (Lipinski definition) is 1. The number of rotatable bonds is 10. The minimum absolute atomic E-state index is 0.675. The first-order chi connectivity index (χ1) is 14.6. The molecule has 0 fully saturated rings. The van der Waals surface area contributed by atoms with Crippen LogP contribution in [0.15, 0.2) is 47.6 Å². The smallest absolute Gasteiger partial charge is 0.119 e. The molecule has 3 rings (SSSR count). The van der Waals surface area contributed by atoms with Gasteiger partial charge in [0.2, 0.25) is 0 Å². The summed E-state index contributed by atoms with van der Waals surface area (Å²) >= 11 is 0. The summed E-state index contributed by atoms with van der Waals surface area (Å²) in [6, 6.07) is 14.6. The summed E-state index contributed by atoms with van der Waals surface area (Å²) in [5.41, 5.74) is 5.17. The molecule has 0 bridgehead atoms. The predicted octanol–water partition coefficient (Wildman–Crippen LogP) is 4.05. The van der Waals surface area contributed by atoms with Gasteiger partial charge in [0, 0.05) is 19.5 Å². The Morgan fingerprint density at radius 1 is 1.10 bits per heavy atom. The highest BCUT2D eigenvalue weighted by Crippen LogP contribution is 2.22. The third-order valence-electron chi connectivity index (χ3n) is 5.57. The number of hydrogen-bond acceptors (Lipinski definition) is 5. The van der Waals surface area contributed by atoms with Crippen LogP contribution in [0.25, 0.3) is 11.0 Å². The Labute approximate surface area is 179 Å². The monoisotopic (exact) mass is 407 g/mol. The molecule has 30 heavy (non-hydrogen) atoms. The molecule has 0 spiro atoms. The molecule has 0 unspecified atom stereocenters. The molecule has 0 saturated heterocycles. The van der Waals surface area contributed by atoms with Crippen molar-refractivity contribution in [1.29, 1.82) is 0 Å². The number of imidazole rings is 1. The van der Waals surface area contributed by atoms with E-state index in [4.69, 9.17) is 15.6 Å². The molecule has 0 atom stereocenters. The summed E-state index contributed by atoms with van der Waals surface area (Å²) in [7, 11) is 0. The van der Waals surface area contributed by atoms with E-state index in [1.165, 1.54) is 5.56 Å². The van der Waals surface area contributed by atoms with E-state index in [9.17, 15) is 0 Å². The second kappa shape index (κ2) is 10.3. The van der Waals surface area contributed by atoms with Crippen LogP contribution in [0.2, 0.25) is 0 Å². The van der Waals surface area contributed by atoms with Crippen LogP contribution in [0.1, 0.15) is 44.6 Å². The maximum absolute atomic E-state index is 5.57. The van der Waals surface area contributed by atoms with Crippen LogP contribution >= 0.6 is 0 Å². The summed E-state index contributed by atoms with van der Waals surface area (Å²) in [4.78, 5) is 7.43. The van der Waals surface area contributed by atoms with E-state index in [0.717, 1.165) is 66.5 Å². The first-order valence-electron chi connectivity index (χ1n) is 10.8. The molecule has 6 nitrogen and oxygen atoms in total. The summed E-state index contributed by atoms with van der Waals surface area (Å²) in [6.07, 6.45) is 0.776. The van der Waals surface area contributed by atoms with Gasteiger partial charge in [0.05, 0.1) is 23.4 Å². The number of nitrogens with zero attached hydrogens (tertiary/aromatic N) is 4. The zero-order chi connectivity index (χ0) is 21.5. The van der Waals surface area contributed by atoms with Gasteiger partial charge in [-0.2, -0.15) is 5.10 Å². The summed E-state index contributed by atoms with van der Waals surface area (Å²) in [5, 5.41) is 3.83. The largest absolute Gasteiger partial charge is 0.494 e. The van der Waals surface area contributed by atoms with Crippen molar-refractivity contribution in [3.63, 3.8) is 0 Å². The van der Waals surface area contributed by atoms with Crippen LogP contribution < -0.4 is 10.6 Å². The summed E-state index contributed by atoms with van der Waals surface area (Å²) in [6.45, 7) is 13.0. The first kappa shape index (κ1) is 21.8. The molecular formula is C24H33N5O. The van der Waals surface area contributed by atoms with Gasteiger partial charge in [-0.05, 0) is 62.3 Å². The second-order valence-electron chi connectivity index (χ2n) is 7.38. The lowest BCUT2D eigenvalue weighted by molar-refractivity contribution is 0.291. The standard InChI is InChI=1S/C24H33N5O/c1-5-28(6-2)14-15-29-23-13-10-20(18(4)27-25)17-22(23)26-24(29)16-19-8-11-21(12-9-19)30-7-3/h8-13,17H,5-7,14-16,25H2,1-4H3/b27-18-. The van der Waals surface area contributed by atoms with Crippen LogP contribution in [0.4, 0.5) is 0 Å². The van der Waals surface area contributed by atoms with Crippen LogP contribution in [-0.4, -0.2) is 46.4 Å². The van der Waals surface area contributed by atoms with Crippen LogP contribution in [-0.2, 0) is 13.0 Å². The lowest BCUT2D eigenvalue weighted by Crippen LogP contribution is -2.27. The SMILES string of the molecule is CCOc1ccc(Cc2nc3cc(/C(C)=N\N)ccc3n2CCN(CC)CC)cc1. The van der Waals surface area contributed by atoms with Crippen molar-refractivity contribution in [2.45, 2.75) is 40.7 Å². The highest BCUT2D eigenvalue weighted by molar-refractivity contribution is 6.01. The van der Waals surface area contributed by atoms with Crippen molar-refractivity contribution in [1.82, 2.24) is 14.5 Å². The Balaban J connectivity index is 1.95. The Bertz CT molecular complexity index is 987. The molecule has 0 radical (unpaired) electrons. The van der Waals surface area contributed by atoms with E-state index < -0.39 is 0 Å². The fourth-order valence-corrected chi connectivity index (χ4v) is 3.70. The Morgan fingerprint density at radius 3 is 2.47 bits per heavy atom. The Kier molecular flexibility index (Phi) is 7.46. The molecule has 0 aliphatic heterocycles. The van der Waals surface area contributed by atoms with Crippen molar-refractivity contribution in [3.8, 4) is 5.75 Å². The number of aromatic nitrogens is 2. The van der Waals surface area contributed by atoms with Gasteiger partial charge in [-0.25, -0.2) is 4.98 Å². The van der Waals surface area contributed by atoms with E-state index in [1.807, 2.05) is 26.0 Å². The second-order valence-corrected chi connectivity index (χ2v) is 7.38. The van der Waals surface area contributed by atoms with Crippen molar-refractivity contribution < 1.29 is 4.74 Å². The van der Waals surface area contributed by atoms with Gasteiger partial charge in [0.1, 0.15) is 11.6 Å². The lowest BCUT2D eigenvalue weighted by atomic mass is 10.1. The molecule has 0 saturated carbocycles. The van der Waals surface area contributed by atoms with Crippen molar-refractivity contribution in [3.05, 3.63) is 59.4 Å².